The fourth-order valence-electron chi connectivity index (χ4n) is 1.07. The molecular formula is C10H11N3S. The summed E-state index contributed by atoms with van der Waals surface area (Å²) in [6, 6.07) is 8.23. The molecule has 0 unspecified atom stereocenters. The van der Waals surface area contributed by atoms with Gasteiger partial charge in [0.2, 0.25) is 5.13 Å². The Morgan fingerprint density at radius 1 is 1.29 bits per heavy atom. The van der Waals surface area contributed by atoms with Crippen molar-refractivity contribution >= 4 is 26.7 Å². The topological polar surface area (TPSA) is 37.6 Å². The molecule has 0 spiro atoms. The Bertz CT molecular complexity index is 426. The molecule has 72 valence electrons. The second kappa shape index (κ2) is 3.84. The first kappa shape index (κ1) is 9.27. The highest BCUT2D eigenvalue weighted by molar-refractivity contribution is 7.21. The van der Waals surface area contributed by atoms with Crippen LogP contribution >= 0.6 is 11.3 Å². The van der Waals surface area contributed by atoms with E-state index < -0.39 is 0 Å². The first-order valence-corrected chi connectivity index (χ1v) is 5.34. The third-order valence-corrected chi connectivity index (χ3v) is 2.58. The predicted octanol–water partition coefficient (Wildman–Crippen LogP) is 3.79. The molecule has 0 N–H and O–H groups in total. The first-order valence-electron chi connectivity index (χ1n) is 4.52. The van der Waals surface area contributed by atoms with Crippen molar-refractivity contribution in [1.29, 1.82) is 0 Å². The van der Waals surface area contributed by atoms with Crippen LogP contribution in [-0.4, -0.2) is 11.0 Å². The molecule has 0 aliphatic rings. The second-order valence-electron chi connectivity index (χ2n) is 3.27. The zero-order valence-corrected chi connectivity index (χ0v) is 8.95. The number of fused-ring (bicyclic) bond motifs is 1. The van der Waals surface area contributed by atoms with Crippen molar-refractivity contribution in [3.05, 3.63) is 24.3 Å². The van der Waals surface area contributed by atoms with Gasteiger partial charge in [-0.3, -0.25) is 0 Å². The molecule has 14 heavy (non-hydrogen) atoms. The summed E-state index contributed by atoms with van der Waals surface area (Å²) in [5.41, 5.74) is 0.996. The van der Waals surface area contributed by atoms with E-state index in [-0.39, 0.29) is 6.04 Å². The number of hydrogen-bond donors (Lipinski definition) is 0. The Morgan fingerprint density at radius 3 is 2.79 bits per heavy atom. The highest BCUT2D eigenvalue weighted by Gasteiger charge is 2.00. The lowest BCUT2D eigenvalue weighted by atomic mass is 10.3. The van der Waals surface area contributed by atoms with Gasteiger partial charge in [0.05, 0.1) is 16.3 Å². The van der Waals surface area contributed by atoms with Gasteiger partial charge in [0.25, 0.3) is 0 Å². The fourth-order valence-corrected chi connectivity index (χ4v) is 1.86. The number of aromatic nitrogens is 1. The molecule has 1 aromatic carbocycles. The van der Waals surface area contributed by atoms with Gasteiger partial charge in [-0.2, -0.15) is 5.11 Å². The Balaban J connectivity index is 2.36. The average molecular weight is 205 g/mol. The number of benzene rings is 1. The van der Waals surface area contributed by atoms with Crippen molar-refractivity contribution in [2.24, 2.45) is 10.2 Å². The van der Waals surface area contributed by atoms with E-state index in [1.165, 1.54) is 0 Å². The molecule has 0 saturated carbocycles. The van der Waals surface area contributed by atoms with Crippen LogP contribution in [0.15, 0.2) is 34.5 Å². The molecule has 0 radical (unpaired) electrons. The minimum atomic E-state index is 0.224. The molecule has 0 fully saturated rings. The van der Waals surface area contributed by atoms with E-state index in [2.05, 4.69) is 15.2 Å². The molecule has 2 rings (SSSR count). The van der Waals surface area contributed by atoms with E-state index >= 15 is 0 Å². The summed E-state index contributed by atoms with van der Waals surface area (Å²) in [6.07, 6.45) is 0. The number of rotatable bonds is 2. The molecule has 1 heterocycles. The maximum Gasteiger partial charge on any atom is 0.230 e. The molecule has 3 nitrogen and oxygen atoms in total. The molecule has 0 aliphatic carbocycles. The number of azo groups is 1. The first-order chi connectivity index (χ1) is 6.75. The largest absolute Gasteiger partial charge is 0.230 e. The average Bonchev–Trinajstić information content (AvgIpc) is 2.57. The Kier molecular flexibility index (Phi) is 2.54. The van der Waals surface area contributed by atoms with Gasteiger partial charge in [-0.25, -0.2) is 4.98 Å². The maximum atomic E-state index is 4.34. The van der Waals surface area contributed by atoms with Crippen molar-refractivity contribution in [3.8, 4) is 0 Å². The summed E-state index contributed by atoms with van der Waals surface area (Å²) in [6.45, 7) is 3.99. The van der Waals surface area contributed by atoms with Crippen molar-refractivity contribution in [3.63, 3.8) is 0 Å². The van der Waals surface area contributed by atoms with E-state index in [1.54, 1.807) is 11.3 Å². The van der Waals surface area contributed by atoms with E-state index in [9.17, 15) is 0 Å². The monoisotopic (exact) mass is 205 g/mol. The molecule has 0 bridgehead atoms. The van der Waals surface area contributed by atoms with Crippen LogP contribution in [0.25, 0.3) is 10.2 Å². The SMILES string of the molecule is CC(C)N=Nc1nc2ccccc2s1. The van der Waals surface area contributed by atoms with Crippen molar-refractivity contribution in [2.45, 2.75) is 19.9 Å². The van der Waals surface area contributed by atoms with E-state index in [0.717, 1.165) is 15.3 Å². The number of nitrogens with zero attached hydrogens (tertiary/aromatic N) is 3. The number of hydrogen-bond acceptors (Lipinski definition) is 4. The molecule has 0 saturated heterocycles. The summed E-state index contributed by atoms with van der Waals surface area (Å²) in [7, 11) is 0. The van der Waals surface area contributed by atoms with Crippen molar-refractivity contribution < 1.29 is 0 Å². The van der Waals surface area contributed by atoms with Gasteiger partial charge in [-0.15, -0.1) is 5.11 Å². The van der Waals surface area contributed by atoms with Crippen LogP contribution in [0, 0.1) is 0 Å². The summed E-state index contributed by atoms with van der Waals surface area (Å²) < 4.78 is 1.16. The van der Waals surface area contributed by atoms with Gasteiger partial charge >= 0.3 is 0 Å². The van der Waals surface area contributed by atoms with Gasteiger partial charge in [-0.1, -0.05) is 23.5 Å². The predicted molar refractivity (Wildman–Crippen MR) is 59.3 cm³/mol. The van der Waals surface area contributed by atoms with Crippen LogP contribution < -0.4 is 0 Å². The van der Waals surface area contributed by atoms with Crippen LogP contribution in [0.5, 0.6) is 0 Å². The van der Waals surface area contributed by atoms with Crippen LogP contribution in [-0.2, 0) is 0 Å². The third kappa shape index (κ3) is 1.96. The lowest BCUT2D eigenvalue weighted by Crippen LogP contribution is -1.83. The zero-order chi connectivity index (χ0) is 9.97. The zero-order valence-electron chi connectivity index (χ0n) is 8.14. The smallest absolute Gasteiger partial charge is 0.217 e. The Morgan fingerprint density at radius 2 is 2.07 bits per heavy atom. The van der Waals surface area contributed by atoms with Gasteiger partial charge in [-0.05, 0) is 26.0 Å². The Hall–Kier alpha value is -1.29. The number of thiazole rings is 1. The molecule has 2 aromatic rings. The van der Waals surface area contributed by atoms with Gasteiger partial charge in [0.1, 0.15) is 0 Å². The van der Waals surface area contributed by atoms with Crippen LogP contribution in [0.2, 0.25) is 0 Å². The minimum absolute atomic E-state index is 0.224. The summed E-state index contributed by atoms with van der Waals surface area (Å²) in [4.78, 5) is 4.34. The minimum Gasteiger partial charge on any atom is -0.217 e. The quantitative estimate of drug-likeness (QED) is 0.687. The van der Waals surface area contributed by atoms with Gasteiger partial charge in [0.15, 0.2) is 0 Å². The highest BCUT2D eigenvalue weighted by Crippen LogP contribution is 2.27. The molecule has 0 amide bonds. The van der Waals surface area contributed by atoms with Crippen molar-refractivity contribution in [1.82, 2.24) is 4.98 Å². The molecule has 0 aliphatic heterocycles. The van der Waals surface area contributed by atoms with Crippen molar-refractivity contribution in [2.75, 3.05) is 0 Å². The maximum absolute atomic E-state index is 4.34. The Labute approximate surface area is 86.5 Å². The second-order valence-corrected chi connectivity index (χ2v) is 4.28. The molecular weight excluding hydrogens is 194 g/mol. The lowest BCUT2D eigenvalue weighted by molar-refractivity contribution is 0.778. The van der Waals surface area contributed by atoms with E-state index in [0.29, 0.717) is 0 Å². The lowest BCUT2D eigenvalue weighted by Gasteiger charge is -1.88. The van der Waals surface area contributed by atoms with Crippen LogP contribution in [0.3, 0.4) is 0 Å². The highest BCUT2D eigenvalue weighted by atomic mass is 32.1. The molecule has 1 aromatic heterocycles. The summed E-state index contributed by atoms with van der Waals surface area (Å²) in [5, 5.41) is 8.87. The molecule has 4 heteroatoms. The number of para-hydroxylation sites is 1. The summed E-state index contributed by atoms with van der Waals surface area (Å²) >= 11 is 1.57. The standard InChI is InChI=1S/C10H11N3S/c1-7(2)12-13-10-11-8-5-3-4-6-9(8)14-10/h3-7H,1-2H3. The molecule has 0 atom stereocenters. The van der Waals surface area contributed by atoms with Crippen LogP contribution in [0.4, 0.5) is 5.13 Å². The van der Waals surface area contributed by atoms with Gasteiger partial charge in [0, 0.05) is 0 Å². The fraction of sp³-hybridized carbons (Fsp3) is 0.300. The van der Waals surface area contributed by atoms with Gasteiger partial charge < -0.3 is 0 Å². The van der Waals surface area contributed by atoms with E-state index in [4.69, 9.17) is 0 Å². The van der Waals surface area contributed by atoms with Crippen LogP contribution in [0.1, 0.15) is 13.8 Å². The normalized spacial score (nSPS) is 11.9. The van der Waals surface area contributed by atoms with E-state index in [1.807, 2.05) is 38.1 Å². The third-order valence-electron chi connectivity index (χ3n) is 1.66. The summed E-state index contributed by atoms with van der Waals surface area (Å²) in [5.74, 6) is 0.